The molecule has 66 valence electrons. The van der Waals surface area contributed by atoms with E-state index < -0.39 is 10.9 Å². The molecule has 4 N–H and O–H groups in total. The van der Waals surface area contributed by atoms with Crippen molar-refractivity contribution < 1.29 is 8.42 Å². The minimum absolute atomic E-state index is 0.519. The first-order valence-electron chi connectivity index (χ1n) is 3.20. The lowest BCUT2D eigenvalue weighted by Crippen LogP contribution is -2.06. The number of nitrogens with two attached hydrogens (primary N) is 1. The van der Waals surface area contributed by atoms with Gasteiger partial charge in [0.25, 0.3) is 0 Å². The largest absolute Gasteiger partial charge is 0.324 e. The molecule has 5 nitrogen and oxygen atoms in total. The highest BCUT2D eigenvalue weighted by molar-refractivity contribution is 7.73. The van der Waals surface area contributed by atoms with Crippen LogP contribution in [-0.2, 0) is 10.9 Å². The molecule has 0 spiro atoms. The molecule has 0 atom stereocenters. The fourth-order valence-corrected chi connectivity index (χ4v) is 1.11. The van der Waals surface area contributed by atoms with E-state index in [0.29, 0.717) is 5.69 Å². The fourth-order valence-electron chi connectivity index (χ4n) is 0.746. The van der Waals surface area contributed by atoms with Crippen molar-refractivity contribution in [3.05, 3.63) is 24.3 Å². The maximum absolute atomic E-state index is 10.2. The van der Waals surface area contributed by atoms with Gasteiger partial charge in [-0.3, -0.25) is 10.6 Å². The van der Waals surface area contributed by atoms with Gasteiger partial charge in [-0.2, -0.15) is 0 Å². The monoisotopic (exact) mass is 187 g/mol. The van der Waals surface area contributed by atoms with E-state index in [1.165, 1.54) is 0 Å². The van der Waals surface area contributed by atoms with Crippen LogP contribution < -0.4 is 16.0 Å². The minimum atomic E-state index is -2.59. The van der Waals surface area contributed by atoms with Gasteiger partial charge in [-0.1, -0.05) is 0 Å². The van der Waals surface area contributed by atoms with Crippen LogP contribution >= 0.6 is 0 Å². The number of nitrogens with one attached hydrogen (secondary N) is 2. The highest BCUT2D eigenvalue weighted by atomic mass is 32.2. The summed E-state index contributed by atoms with van der Waals surface area (Å²) in [5.41, 5.74) is 3.67. The maximum Gasteiger partial charge on any atom is 0.222 e. The molecule has 0 aromatic heterocycles. The number of nitrogen functional groups attached to an aromatic ring is 1. The van der Waals surface area contributed by atoms with Crippen LogP contribution in [0.15, 0.2) is 24.3 Å². The summed E-state index contributed by atoms with van der Waals surface area (Å²) in [4.78, 5) is 0. The lowest BCUT2D eigenvalue weighted by atomic mass is 10.3. The van der Waals surface area contributed by atoms with Gasteiger partial charge in [0, 0.05) is 11.4 Å². The average Bonchev–Trinajstić information content (AvgIpc) is 2.05. The van der Waals surface area contributed by atoms with Gasteiger partial charge in [0.2, 0.25) is 10.9 Å². The van der Waals surface area contributed by atoms with E-state index in [2.05, 4.69) is 10.1 Å². The maximum atomic E-state index is 10.2. The van der Waals surface area contributed by atoms with Crippen molar-refractivity contribution in [1.29, 1.82) is 0 Å². The van der Waals surface area contributed by atoms with Crippen LogP contribution in [0.3, 0.4) is 0 Å². The Labute approximate surface area is 71.6 Å². The van der Waals surface area contributed by atoms with Crippen molar-refractivity contribution in [2.24, 2.45) is 5.84 Å². The summed E-state index contributed by atoms with van der Waals surface area (Å²) in [7, 11) is -2.59. The third kappa shape index (κ3) is 2.40. The molecule has 0 radical (unpaired) electrons. The number of hydrogen-bond donors (Lipinski definition) is 4. The second-order valence-corrected chi connectivity index (χ2v) is 2.83. The summed E-state index contributed by atoms with van der Waals surface area (Å²) in [5.74, 6) is 5.11. The van der Waals surface area contributed by atoms with Gasteiger partial charge in [-0.15, -0.1) is 0 Å². The van der Waals surface area contributed by atoms with Gasteiger partial charge in [0.15, 0.2) is 0 Å². The molecule has 0 aliphatic carbocycles. The molecule has 0 saturated carbocycles. The van der Waals surface area contributed by atoms with Crippen LogP contribution in [0.2, 0.25) is 0 Å². The third-order valence-electron chi connectivity index (χ3n) is 1.27. The second kappa shape index (κ2) is 3.93. The lowest BCUT2D eigenvalue weighted by Gasteiger charge is -2.00. The Balaban J connectivity index is 2.77. The molecule has 6 heteroatoms. The van der Waals surface area contributed by atoms with E-state index in [1.807, 2.05) is 0 Å². The van der Waals surface area contributed by atoms with Crippen molar-refractivity contribution in [1.82, 2.24) is 0 Å². The van der Waals surface area contributed by atoms with E-state index in [4.69, 9.17) is 5.84 Å². The molecule has 0 aliphatic rings. The van der Waals surface area contributed by atoms with Crippen molar-refractivity contribution in [2.45, 2.75) is 0 Å². The van der Waals surface area contributed by atoms with E-state index in [0.717, 1.165) is 5.69 Å². The van der Waals surface area contributed by atoms with E-state index in [1.54, 1.807) is 24.3 Å². The first kappa shape index (κ1) is 8.82. The zero-order valence-electron chi connectivity index (χ0n) is 6.15. The van der Waals surface area contributed by atoms with Crippen molar-refractivity contribution in [3.63, 3.8) is 0 Å². The Bertz CT molecular complexity index is 312. The third-order valence-corrected chi connectivity index (χ3v) is 1.71. The van der Waals surface area contributed by atoms with Gasteiger partial charge in [-0.05, 0) is 24.3 Å². The van der Waals surface area contributed by atoms with E-state index >= 15 is 0 Å². The quantitative estimate of drug-likeness (QED) is 0.303. The molecule has 0 heterocycles. The Morgan fingerprint density at radius 2 is 1.58 bits per heavy atom. The first-order chi connectivity index (χ1) is 5.72. The molecular weight excluding hydrogens is 178 g/mol. The van der Waals surface area contributed by atoms with Gasteiger partial charge >= 0.3 is 0 Å². The number of anilines is 2. The second-order valence-electron chi connectivity index (χ2n) is 2.09. The summed E-state index contributed by atoms with van der Waals surface area (Å²) in [6.45, 7) is 0. The number of thiol groups is 1. The number of rotatable bonds is 3. The Kier molecular flexibility index (Phi) is 2.89. The molecule has 1 aromatic rings. The molecule has 12 heavy (non-hydrogen) atoms. The fraction of sp³-hybridized carbons (Fsp3) is 0. The molecule has 1 rings (SSSR count). The van der Waals surface area contributed by atoms with Crippen LogP contribution in [0.4, 0.5) is 11.4 Å². The zero-order chi connectivity index (χ0) is 8.97. The molecule has 0 aliphatic heterocycles. The molecular formula is C6H9N3O2S. The Hall–Kier alpha value is -1.27. The molecule has 0 fully saturated rings. The SMILES string of the molecule is NNc1ccc(N[SH](=O)=O)cc1. The highest BCUT2D eigenvalue weighted by Crippen LogP contribution is 2.11. The van der Waals surface area contributed by atoms with E-state index in [-0.39, 0.29) is 0 Å². The van der Waals surface area contributed by atoms with Crippen LogP contribution in [0.25, 0.3) is 0 Å². The van der Waals surface area contributed by atoms with Crippen molar-refractivity contribution in [3.8, 4) is 0 Å². The van der Waals surface area contributed by atoms with Crippen LogP contribution in [0, 0.1) is 0 Å². The summed E-state index contributed by atoms with van der Waals surface area (Å²) in [6, 6.07) is 6.56. The smallest absolute Gasteiger partial charge is 0.222 e. The van der Waals surface area contributed by atoms with Gasteiger partial charge in [0.1, 0.15) is 0 Å². The molecule has 0 unspecified atom stereocenters. The summed E-state index contributed by atoms with van der Waals surface area (Å²) in [6.07, 6.45) is 0. The average molecular weight is 187 g/mol. The predicted octanol–water partition coefficient (Wildman–Crippen LogP) is -0.0895. The van der Waals surface area contributed by atoms with Crippen molar-refractivity contribution in [2.75, 3.05) is 10.1 Å². The van der Waals surface area contributed by atoms with Crippen molar-refractivity contribution >= 4 is 22.3 Å². The minimum Gasteiger partial charge on any atom is -0.324 e. The molecule has 0 amide bonds. The standard InChI is InChI=1S/C6H9N3O2S/c7-8-5-1-3-6(4-2-5)9-12(10)11/h1-4,8,12H,7H2,(H,9,10,11). The molecule has 0 saturated heterocycles. The molecule has 1 aromatic carbocycles. The van der Waals surface area contributed by atoms with Crippen LogP contribution in [-0.4, -0.2) is 8.42 Å². The van der Waals surface area contributed by atoms with Gasteiger partial charge in [-0.25, -0.2) is 8.42 Å². The number of benzene rings is 1. The number of hydrogen-bond acceptors (Lipinski definition) is 4. The van der Waals surface area contributed by atoms with Crippen LogP contribution in [0.1, 0.15) is 0 Å². The summed E-state index contributed by atoms with van der Waals surface area (Å²) < 4.78 is 22.7. The highest BCUT2D eigenvalue weighted by Gasteiger charge is 1.91. The predicted molar refractivity (Wildman–Crippen MR) is 48.2 cm³/mol. The first-order valence-corrected chi connectivity index (χ1v) is 4.38. The van der Waals surface area contributed by atoms with E-state index in [9.17, 15) is 8.42 Å². The summed E-state index contributed by atoms with van der Waals surface area (Å²) >= 11 is 0. The van der Waals surface area contributed by atoms with Crippen LogP contribution in [0.5, 0.6) is 0 Å². The van der Waals surface area contributed by atoms with Gasteiger partial charge < -0.3 is 5.43 Å². The normalized spacial score (nSPS) is 9.83. The lowest BCUT2D eigenvalue weighted by molar-refractivity contribution is 0.619. The molecule has 0 bridgehead atoms. The topological polar surface area (TPSA) is 84.2 Å². The van der Waals surface area contributed by atoms with Gasteiger partial charge in [0.05, 0.1) is 0 Å². The summed E-state index contributed by atoms with van der Waals surface area (Å²) in [5, 5.41) is 0. The Morgan fingerprint density at radius 1 is 1.08 bits per heavy atom. The zero-order valence-corrected chi connectivity index (χ0v) is 7.04. The number of hydrazine groups is 1. The Morgan fingerprint density at radius 3 is 2.00 bits per heavy atom.